The standard InChI is InChI=1S/C20H29FN2O4/c1-18(2,3)27-17(24)22-9-6-19(16-5-4-15(21)12-23-16)7-11-26-20(13-19)8-10-25-14-20/h4-5,12H,6-11,13-14H2,1-3H3,(H,22,24)/t19-,20+/m0/s1. The zero-order valence-electron chi connectivity index (χ0n) is 16.3. The van der Waals surface area contributed by atoms with Crippen LogP contribution in [0, 0.1) is 5.82 Å². The van der Waals surface area contributed by atoms with Gasteiger partial charge in [0, 0.05) is 37.3 Å². The molecule has 1 aromatic heterocycles. The third kappa shape index (κ3) is 4.96. The Hall–Kier alpha value is -1.73. The van der Waals surface area contributed by atoms with Crippen molar-refractivity contribution < 1.29 is 23.4 Å². The van der Waals surface area contributed by atoms with E-state index in [0.29, 0.717) is 32.8 Å². The summed E-state index contributed by atoms with van der Waals surface area (Å²) in [5.41, 5.74) is -0.316. The molecule has 2 fully saturated rings. The van der Waals surface area contributed by atoms with Gasteiger partial charge in [-0.1, -0.05) is 0 Å². The molecule has 2 atom stereocenters. The van der Waals surface area contributed by atoms with Gasteiger partial charge in [-0.25, -0.2) is 9.18 Å². The molecule has 0 bridgehead atoms. The molecule has 1 amide bonds. The minimum absolute atomic E-state index is 0.297. The summed E-state index contributed by atoms with van der Waals surface area (Å²) in [6.07, 6.45) is 3.85. The smallest absolute Gasteiger partial charge is 0.407 e. The summed E-state index contributed by atoms with van der Waals surface area (Å²) in [6, 6.07) is 3.19. The van der Waals surface area contributed by atoms with Crippen LogP contribution >= 0.6 is 0 Å². The lowest BCUT2D eigenvalue weighted by Gasteiger charge is -2.45. The van der Waals surface area contributed by atoms with Gasteiger partial charge in [0.15, 0.2) is 0 Å². The highest BCUT2D eigenvalue weighted by atomic mass is 19.1. The number of carbonyl (C=O) groups is 1. The van der Waals surface area contributed by atoms with E-state index in [0.717, 1.165) is 25.0 Å². The van der Waals surface area contributed by atoms with Crippen LogP contribution in [-0.2, 0) is 19.6 Å². The number of ether oxygens (including phenoxy) is 3. The molecular formula is C20H29FN2O4. The second kappa shape index (κ2) is 7.72. The quantitative estimate of drug-likeness (QED) is 0.868. The summed E-state index contributed by atoms with van der Waals surface area (Å²) < 4.78 is 30.4. The largest absolute Gasteiger partial charge is 0.444 e. The minimum atomic E-state index is -0.537. The minimum Gasteiger partial charge on any atom is -0.444 e. The van der Waals surface area contributed by atoms with E-state index in [-0.39, 0.29) is 16.8 Å². The molecule has 0 unspecified atom stereocenters. The monoisotopic (exact) mass is 380 g/mol. The first-order chi connectivity index (χ1) is 12.7. The van der Waals surface area contributed by atoms with Gasteiger partial charge in [-0.3, -0.25) is 4.98 Å². The number of rotatable bonds is 4. The summed E-state index contributed by atoms with van der Waals surface area (Å²) in [5, 5.41) is 2.84. The van der Waals surface area contributed by atoms with Crippen molar-refractivity contribution in [2.75, 3.05) is 26.4 Å². The molecule has 27 heavy (non-hydrogen) atoms. The maximum Gasteiger partial charge on any atom is 0.407 e. The number of nitrogens with one attached hydrogen (secondary N) is 1. The van der Waals surface area contributed by atoms with Crippen LogP contribution in [-0.4, -0.2) is 48.6 Å². The van der Waals surface area contributed by atoms with E-state index in [1.165, 1.54) is 12.3 Å². The number of alkyl carbamates (subject to hydrolysis) is 1. The first kappa shape index (κ1) is 20.0. The lowest BCUT2D eigenvalue weighted by Crippen LogP contribution is -2.49. The average molecular weight is 380 g/mol. The Kier molecular flexibility index (Phi) is 5.72. The Balaban J connectivity index is 1.74. The first-order valence-corrected chi connectivity index (χ1v) is 9.53. The summed E-state index contributed by atoms with van der Waals surface area (Å²) in [6.45, 7) is 7.79. The molecule has 2 aliphatic rings. The van der Waals surface area contributed by atoms with Crippen molar-refractivity contribution >= 4 is 6.09 Å². The fourth-order valence-corrected chi connectivity index (χ4v) is 4.03. The van der Waals surface area contributed by atoms with Crippen LogP contribution in [0.5, 0.6) is 0 Å². The Morgan fingerprint density at radius 1 is 1.33 bits per heavy atom. The molecule has 1 aromatic rings. The molecule has 0 aromatic carbocycles. The van der Waals surface area contributed by atoms with Crippen LogP contribution < -0.4 is 5.32 Å². The number of nitrogens with zero attached hydrogens (tertiary/aromatic N) is 1. The third-order valence-corrected chi connectivity index (χ3v) is 5.26. The molecule has 150 valence electrons. The van der Waals surface area contributed by atoms with Crippen molar-refractivity contribution in [2.24, 2.45) is 0 Å². The highest BCUT2D eigenvalue weighted by Gasteiger charge is 2.49. The zero-order valence-corrected chi connectivity index (χ0v) is 16.3. The van der Waals surface area contributed by atoms with Crippen molar-refractivity contribution in [3.8, 4) is 0 Å². The number of hydrogen-bond donors (Lipinski definition) is 1. The molecule has 0 aliphatic carbocycles. The molecule has 0 saturated carbocycles. The van der Waals surface area contributed by atoms with Gasteiger partial charge in [0.1, 0.15) is 11.4 Å². The van der Waals surface area contributed by atoms with E-state index < -0.39 is 11.7 Å². The van der Waals surface area contributed by atoms with Gasteiger partial charge in [0.2, 0.25) is 0 Å². The number of amides is 1. The van der Waals surface area contributed by atoms with Crippen LogP contribution in [0.1, 0.15) is 52.1 Å². The molecular weight excluding hydrogens is 351 g/mol. The van der Waals surface area contributed by atoms with Gasteiger partial charge in [0.05, 0.1) is 18.4 Å². The van der Waals surface area contributed by atoms with Crippen LogP contribution in [0.4, 0.5) is 9.18 Å². The Morgan fingerprint density at radius 3 is 2.78 bits per heavy atom. The number of carbonyl (C=O) groups excluding carboxylic acids is 1. The summed E-state index contributed by atoms with van der Waals surface area (Å²) in [4.78, 5) is 16.4. The number of pyridine rings is 1. The van der Waals surface area contributed by atoms with Gasteiger partial charge in [0.25, 0.3) is 0 Å². The second-order valence-electron chi connectivity index (χ2n) is 8.58. The molecule has 3 rings (SSSR count). The molecule has 0 radical (unpaired) electrons. The Bertz CT molecular complexity index is 653. The van der Waals surface area contributed by atoms with E-state index in [1.807, 2.05) is 20.8 Å². The predicted molar refractivity (Wildman–Crippen MR) is 98.1 cm³/mol. The van der Waals surface area contributed by atoms with Crippen LogP contribution in [0.25, 0.3) is 0 Å². The lowest BCUT2D eigenvalue weighted by molar-refractivity contribution is -0.109. The van der Waals surface area contributed by atoms with Crippen LogP contribution in [0.2, 0.25) is 0 Å². The number of halogens is 1. The molecule has 7 heteroatoms. The molecule has 1 spiro atoms. The fourth-order valence-electron chi connectivity index (χ4n) is 4.03. The third-order valence-electron chi connectivity index (χ3n) is 5.26. The molecule has 3 heterocycles. The first-order valence-electron chi connectivity index (χ1n) is 9.53. The van der Waals surface area contributed by atoms with Gasteiger partial charge in [-0.2, -0.15) is 0 Å². The predicted octanol–water partition coefficient (Wildman–Crippen LogP) is 3.34. The van der Waals surface area contributed by atoms with Gasteiger partial charge in [-0.05, 0) is 52.2 Å². The molecule has 2 saturated heterocycles. The highest BCUT2D eigenvalue weighted by molar-refractivity contribution is 5.67. The topological polar surface area (TPSA) is 69.7 Å². The van der Waals surface area contributed by atoms with Crippen LogP contribution in [0.3, 0.4) is 0 Å². The molecule has 2 aliphatic heterocycles. The van der Waals surface area contributed by atoms with Crippen LogP contribution in [0.15, 0.2) is 18.3 Å². The fraction of sp³-hybridized carbons (Fsp3) is 0.700. The number of hydrogen-bond acceptors (Lipinski definition) is 5. The van der Waals surface area contributed by atoms with Crippen molar-refractivity contribution in [3.63, 3.8) is 0 Å². The second-order valence-corrected chi connectivity index (χ2v) is 8.58. The SMILES string of the molecule is CC(C)(C)OC(=O)NCC[C@]1(c2ccc(F)cn2)CCO[C@]2(CCOC2)C1. The average Bonchev–Trinajstić information content (AvgIpc) is 3.01. The van der Waals surface area contributed by atoms with E-state index in [2.05, 4.69) is 10.3 Å². The van der Waals surface area contributed by atoms with Crippen molar-refractivity contribution in [1.29, 1.82) is 0 Å². The van der Waals surface area contributed by atoms with Crippen molar-refractivity contribution in [3.05, 3.63) is 29.8 Å². The van der Waals surface area contributed by atoms with Crippen molar-refractivity contribution in [2.45, 2.75) is 63.1 Å². The summed E-state index contributed by atoms with van der Waals surface area (Å²) >= 11 is 0. The molecule has 1 N–H and O–H groups in total. The van der Waals surface area contributed by atoms with Crippen molar-refractivity contribution in [1.82, 2.24) is 10.3 Å². The zero-order chi connectivity index (χ0) is 19.5. The number of aromatic nitrogens is 1. The van der Waals surface area contributed by atoms with E-state index in [1.54, 1.807) is 6.07 Å². The highest BCUT2D eigenvalue weighted by Crippen LogP contribution is 2.46. The van der Waals surface area contributed by atoms with E-state index in [4.69, 9.17) is 14.2 Å². The maximum atomic E-state index is 13.4. The summed E-state index contributed by atoms with van der Waals surface area (Å²) in [7, 11) is 0. The van der Waals surface area contributed by atoms with Gasteiger partial charge < -0.3 is 19.5 Å². The Morgan fingerprint density at radius 2 is 2.15 bits per heavy atom. The maximum absolute atomic E-state index is 13.4. The van der Waals surface area contributed by atoms with E-state index >= 15 is 0 Å². The lowest BCUT2D eigenvalue weighted by atomic mass is 9.68. The normalized spacial score (nSPS) is 28.3. The Labute approximate surface area is 159 Å². The summed E-state index contributed by atoms with van der Waals surface area (Å²) in [5.74, 6) is -0.355. The van der Waals surface area contributed by atoms with Gasteiger partial charge >= 0.3 is 6.09 Å². The van der Waals surface area contributed by atoms with E-state index in [9.17, 15) is 9.18 Å². The molecule has 6 nitrogen and oxygen atoms in total. The van der Waals surface area contributed by atoms with Gasteiger partial charge in [-0.15, -0.1) is 0 Å².